The quantitative estimate of drug-likeness (QED) is 0.348. The molecule has 0 aliphatic rings. The van der Waals surface area contributed by atoms with Crippen LogP contribution in [-0.2, 0) is 0 Å². The summed E-state index contributed by atoms with van der Waals surface area (Å²) >= 11 is 5.40. The van der Waals surface area contributed by atoms with Crippen molar-refractivity contribution < 1.29 is 0 Å². The summed E-state index contributed by atoms with van der Waals surface area (Å²) < 4.78 is 0. The van der Waals surface area contributed by atoms with E-state index in [1.54, 1.807) is 0 Å². The fourth-order valence-corrected chi connectivity index (χ4v) is 0.218. The zero-order chi connectivity index (χ0) is 4.99. The van der Waals surface area contributed by atoms with Gasteiger partial charge in [0.1, 0.15) is 0 Å². The maximum atomic E-state index is 6.40. The van der Waals surface area contributed by atoms with Crippen molar-refractivity contribution in [2.45, 2.75) is 18.7 Å². The van der Waals surface area contributed by atoms with E-state index in [2.05, 4.69) is 5.92 Å². The summed E-state index contributed by atoms with van der Waals surface area (Å²) in [4.78, 5) is 0. The smallest absolute Gasteiger partial charge is 0.0417 e. The molecule has 6 heavy (non-hydrogen) atoms. The van der Waals surface area contributed by atoms with Crippen molar-refractivity contribution >= 4 is 11.6 Å². The molecule has 1 heteroatoms. The van der Waals surface area contributed by atoms with Gasteiger partial charge in [-0.25, -0.2) is 0 Å². The third-order valence-corrected chi connectivity index (χ3v) is 0.538. The molecule has 0 saturated heterocycles. The zero-order valence-electron chi connectivity index (χ0n) is 3.66. The lowest BCUT2D eigenvalue weighted by atomic mass is 10.3. The molecule has 1 radical (unpaired) electrons. The molecule has 0 aromatic rings. The van der Waals surface area contributed by atoms with Crippen molar-refractivity contribution in [3.05, 3.63) is 6.42 Å². The molecule has 0 aliphatic heterocycles. The van der Waals surface area contributed by atoms with Crippen LogP contribution < -0.4 is 0 Å². The van der Waals surface area contributed by atoms with Gasteiger partial charge in [0.15, 0.2) is 0 Å². The Bertz CT molecular complexity index is 58.8. The van der Waals surface area contributed by atoms with Gasteiger partial charge in [0, 0.05) is 11.8 Å². The Kier molecular flexibility index (Phi) is 2.98. The van der Waals surface area contributed by atoms with Crippen molar-refractivity contribution in [1.29, 1.82) is 0 Å². The largest absolute Gasteiger partial charge is 0.122 e. The van der Waals surface area contributed by atoms with Gasteiger partial charge in [0.05, 0.1) is 0 Å². The SMILES string of the molecule is [C]#CCC(C)Cl. The predicted octanol–water partition coefficient (Wildman–Crippen LogP) is 1.59. The second-order valence-corrected chi connectivity index (χ2v) is 1.91. The van der Waals surface area contributed by atoms with Gasteiger partial charge in [0.2, 0.25) is 0 Å². The number of hydrogen-bond acceptors (Lipinski definition) is 0. The van der Waals surface area contributed by atoms with E-state index in [1.165, 1.54) is 0 Å². The third-order valence-electron chi connectivity index (χ3n) is 0.383. The average Bonchev–Trinajstić information content (AvgIpc) is 1.35. The van der Waals surface area contributed by atoms with Crippen LogP contribution in [0.4, 0.5) is 0 Å². The molecule has 0 heterocycles. The summed E-state index contributed by atoms with van der Waals surface area (Å²) in [6, 6.07) is 0. The summed E-state index contributed by atoms with van der Waals surface area (Å²) in [6.45, 7) is 1.84. The normalized spacial score (nSPS) is 12.8. The summed E-state index contributed by atoms with van der Waals surface area (Å²) in [7, 11) is 0. The highest BCUT2D eigenvalue weighted by Gasteiger charge is 1.86. The summed E-state index contributed by atoms with van der Waals surface area (Å²) in [6.07, 6.45) is 6.96. The van der Waals surface area contributed by atoms with E-state index >= 15 is 0 Å². The molecule has 0 saturated carbocycles. The van der Waals surface area contributed by atoms with Crippen LogP contribution >= 0.6 is 11.6 Å². The molecule has 33 valence electrons. The van der Waals surface area contributed by atoms with Crippen LogP contribution in [0.25, 0.3) is 0 Å². The van der Waals surface area contributed by atoms with Crippen molar-refractivity contribution in [1.82, 2.24) is 0 Å². The Hall–Kier alpha value is -0.150. The molecule has 1 atom stereocenters. The number of hydrogen-bond donors (Lipinski definition) is 0. The fourth-order valence-electron chi connectivity index (χ4n) is 0.141. The molecule has 0 nitrogen and oxygen atoms in total. The Balaban J connectivity index is 2.88. The molecule has 0 N–H and O–H groups in total. The van der Waals surface area contributed by atoms with Gasteiger partial charge < -0.3 is 0 Å². The van der Waals surface area contributed by atoms with Crippen molar-refractivity contribution in [2.75, 3.05) is 0 Å². The second kappa shape index (κ2) is 3.06. The first kappa shape index (κ1) is 5.85. The Morgan fingerprint density at radius 1 is 2.00 bits per heavy atom. The Labute approximate surface area is 43.5 Å². The highest BCUT2D eigenvalue weighted by atomic mass is 35.5. The van der Waals surface area contributed by atoms with Gasteiger partial charge in [-0.15, -0.1) is 11.6 Å². The van der Waals surface area contributed by atoms with E-state index in [9.17, 15) is 0 Å². The van der Waals surface area contributed by atoms with Gasteiger partial charge in [-0.1, -0.05) is 5.92 Å². The van der Waals surface area contributed by atoms with Crippen molar-refractivity contribution in [2.24, 2.45) is 0 Å². The summed E-state index contributed by atoms with van der Waals surface area (Å²) in [5.74, 6) is 2.19. The molecule has 0 amide bonds. The van der Waals surface area contributed by atoms with Crippen LogP contribution in [0.15, 0.2) is 0 Å². The van der Waals surface area contributed by atoms with Gasteiger partial charge in [0.25, 0.3) is 0 Å². The first-order valence-electron chi connectivity index (χ1n) is 1.81. The lowest BCUT2D eigenvalue weighted by Gasteiger charge is -1.87. The topological polar surface area (TPSA) is 0 Å². The van der Waals surface area contributed by atoms with Crippen LogP contribution in [-0.4, -0.2) is 5.38 Å². The Morgan fingerprint density at radius 2 is 2.50 bits per heavy atom. The van der Waals surface area contributed by atoms with Crippen LogP contribution in [0.1, 0.15) is 13.3 Å². The van der Waals surface area contributed by atoms with Gasteiger partial charge in [-0.05, 0) is 13.3 Å². The average molecular weight is 102 g/mol. The molecule has 0 aromatic heterocycles. The number of rotatable bonds is 1. The highest BCUT2D eigenvalue weighted by Crippen LogP contribution is 1.95. The van der Waals surface area contributed by atoms with Crippen LogP contribution in [0.2, 0.25) is 0 Å². The van der Waals surface area contributed by atoms with Crippen LogP contribution in [0.5, 0.6) is 0 Å². The van der Waals surface area contributed by atoms with Gasteiger partial charge >= 0.3 is 0 Å². The molecular formula is C5H6Cl. The monoisotopic (exact) mass is 101 g/mol. The van der Waals surface area contributed by atoms with E-state index in [0.29, 0.717) is 6.42 Å². The molecule has 0 rings (SSSR count). The molecule has 0 fully saturated rings. The summed E-state index contributed by atoms with van der Waals surface area (Å²) in [5, 5.41) is 0.0718. The molecule has 0 aromatic carbocycles. The first-order valence-corrected chi connectivity index (χ1v) is 2.24. The minimum absolute atomic E-state index is 0.0718. The predicted molar refractivity (Wildman–Crippen MR) is 27.1 cm³/mol. The highest BCUT2D eigenvalue weighted by molar-refractivity contribution is 6.20. The lowest BCUT2D eigenvalue weighted by Crippen LogP contribution is -1.83. The fraction of sp³-hybridized carbons (Fsp3) is 0.600. The van der Waals surface area contributed by atoms with E-state index in [0.717, 1.165) is 0 Å². The molecule has 0 aliphatic carbocycles. The van der Waals surface area contributed by atoms with Crippen LogP contribution in [0.3, 0.4) is 0 Å². The van der Waals surface area contributed by atoms with Gasteiger partial charge in [-0.2, -0.15) is 0 Å². The zero-order valence-corrected chi connectivity index (χ0v) is 4.42. The summed E-state index contributed by atoms with van der Waals surface area (Å²) in [5.41, 5.74) is 0. The van der Waals surface area contributed by atoms with Crippen molar-refractivity contribution in [3.63, 3.8) is 0 Å². The second-order valence-electron chi connectivity index (χ2n) is 1.16. The van der Waals surface area contributed by atoms with E-state index in [4.69, 9.17) is 18.0 Å². The van der Waals surface area contributed by atoms with E-state index < -0.39 is 0 Å². The lowest BCUT2D eigenvalue weighted by molar-refractivity contribution is 0.993. The minimum atomic E-state index is 0.0718. The number of halogens is 1. The van der Waals surface area contributed by atoms with E-state index in [-0.39, 0.29) is 5.38 Å². The molecule has 0 bridgehead atoms. The molecule has 0 spiro atoms. The molecular weight excluding hydrogens is 95.5 g/mol. The number of alkyl halides is 1. The third kappa shape index (κ3) is 3.85. The minimum Gasteiger partial charge on any atom is -0.122 e. The van der Waals surface area contributed by atoms with Gasteiger partial charge in [-0.3, -0.25) is 0 Å². The maximum Gasteiger partial charge on any atom is 0.0417 e. The maximum absolute atomic E-state index is 6.40. The first-order chi connectivity index (χ1) is 2.77. The standard InChI is InChI=1S/C5H6Cl/c1-3-4-5(2)6/h5H,4H2,2H3. The Morgan fingerprint density at radius 3 is 2.50 bits per heavy atom. The molecule has 1 unspecified atom stereocenters. The van der Waals surface area contributed by atoms with Crippen LogP contribution in [0, 0.1) is 12.3 Å². The van der Waals surface area contributed by atoms with Crippen molar-refractivity contribution in [3.8, 4) is 5.92 Å². The van der Waals surface area contributed by atoms with E-state index in [1.807, 2.05) is 6.92 Å².